The van der Waals surface area contributed by atoms with E-state index in [1.54, 1.807) is 6.20 Å². The number of nitrogens with one attached hydrogen (secondary N) is 1. The summed E-state index contributed by atoms with van der Waals surface area (Å²) in [6.45, 7) is 6.65. The number of aromatic nitrogens is 1. The molecular formula is C16H21N3O. The molecule has 20 heavy (non-hydrogen) atoms. The number of nitrogens with zero attached hydrogens (tertiary/aromatic N) is 1. The van der Waals surface area contributed by atoms with Crippen LogP contribution in [0, 0.1) is 6.92 Å². The van der Waals surface area contributed by atoms with Gasteiger partial charge in [0.1, 0.15) is 0 Å². The molecular weight excluding hydrogens is 250 g/mol. The maximum absolute atomic E-state index is 5.82. The van der Waals surface area contributed by atoms with E-state index in [1.807, 2.05) is 51.1 Å². The Morgan fingerprint density at radius 2 is 2.10 bits per heavy atom. The lowest BCUT2D eigenvalue weighted by Crippen LogP contribution is -2.10. The van der Waals surface area contributed by atoms with Gasteiger partial charge in [-0.2, -0.15) is 0 Å². The summed E-state index contributed by atoms with van der Waals surface area (Å²) in [5, 5.41) is 3.37. The van der Waals surface area contributed by atoms with E-state index in [4.69, 9.17) is 10.5 Å². The van der Waals surface area contributed by atoms with Crippen molar-refractivity contribution in [2.24, 2.45) is 0 Å². The third kappa shape index (κ3) is 3.63. The van der Waals surface area contributed by atoms with Gasteiger partial charge in [0, 0.05) is 29.7 Å². The van der Waals surface area contributed by atoms with Crippen LogP contribution in [0.15, 0.2) is 36.5 Å². The summed E-state index contributed by atoms with van der Waals surface area (Å²) in [5.74, 6) is 0.683. The topological polar surface area (TPSA) is 60.2 Å². The predicted octanol–water partition coefficient (Wildman–Crippen LogP) is 3.37. The van der Waals surface area contributed by atoms with Gasteiger partial charge in [-0.15, -0.1) is 0 Å². The van der Waals surface area contributed by atoms with Gasteiger partial charge in [0.25, 0.3) is 0 Å². The fraction of sp³-hybridized carbons (Fsp3) is 0.312. The van der Waals surface area contributed by atoms with Crippen molar-refractivity contribution in [3.63, 3.8) is 0 Å². The lowest BCUT2D eigenvalue weighted by atomic mass is 10.2. The molecule has 3 N–H and O–H groups in total. The minimum absolute atomic E-state index is 0.113. The van der Waals surface area contributed by atoms with Gasteiger partial charge in [-0.05, 0) is 50.6 Å². The Morgan fingerprint density at radius 1 is 1.30 bits per heavy atom. The molecule has 0 unspecified atom stereocenters. The molecule has 0 saturated carbocycles. The maximum Gasteiger partial charge on any atom is 0.218 e. The molecule has 0 aliphatic heterocycles. The van der Waals surface area contributed by atoms with Crippen LogP contribution in [0.3, 0.4) is 0 Å². The Bertz CT molecular complexity index is 582. The molecule has 0 fully saturated rings. The normalized spacial score (nSPS) is 10.6. The van der Waals surface area contributed by atoms with Crippen LogP contribution in [0.25, 0.3) is 0 Å². The van der Waals surface area contributed by atoms with Crippen LogP contribution in [0.1, 0.15) is 25.0 Å². The van der Waals surface area contributed by atoms with Crippen molar-refractivity contribution < 1.29 is 4.74 Å². The Labute approximate surface area is 120 Å². The monoisotopic (exact) mass is 271 g/mol. The molecule has 0 aliphatic carbocycles. The highest BCUT2D eigenvalue weighted by Crippen LogP contribution is 2.20. The Kier molecular flexibility index (Phi) is 4.45. The quantitative estimate of drug-likeness (QED) is 0.818. The average Bonchev–Trinajstić information content (AvgIpc) is 2.41. The van der Waals surface area contributed by atoms with Gasteiger partial charge in [-0.3, -0.25) is 0 Å². The smallest absolute Gasteiger partial charge is 0.218 e. The zero-order valence-electron chi connectivity index (χ0n) is 12.2. The van der Waals surface area contributed by atoms with Crippen molar-refractivity contribution in [2.75, 3.05) is 11.1 Å². The fourth-order valence-corrected chi connectivity index (χ4v) is 1.87. The highest BCUT2D eigenvalue weighted by atomic mass is 16.5. The van der Waals surface area contributed by atoms with E-state index >= 15 is 0 Å². The van der Waals surface area contributed by atoms with Crippen LogP contribution in [-0.4, -0.2) is 11.1 Å². The molecule has 0 radical (unpaired) electrons. The van der Waals surface area contributed by atoms with Crippen LogP contribution in [0.2, 0.25) is 0 Å². The zero-order chi connectivity index (χ0) is 14.5. The molecule has 2 aromatic rings. The molecule has 1 aromatic heterocycles. The van der Waals surface area contributed by atoms with Crippen LogP contribution in [-0.2, 0) is 6.54 Å². The summed E-state index contributed by atoms with van der Waals surface area (Å²) in [6.07, 6.45) is 1.86. The molecule has 1 heterocycles. The van der Waals surface area contributed by atoms with Gasteiger partial charge in [0.05, 0.1) is 6.10 Å². The van der Waals surface area contributed by atoms with Crippen LogP contribution in [0.4, 0.5) is 11.4 Å². The number of benzene rings is 1. The molecule has 1 aromatic carbocycles. The Hall–Kier alpha value is -2.23. The summed E-state index contributed by atoms with van der Waals surface area (Å²) >= 11 is 0. The zero-order valence-corrected chi connectivity index (χ0v) is 12.2. The largest absolute Gasteiger partial charge is 0.475 e. The van der Waals surface area contributed by atoms with E-state index < -0.39 is 0 Å². The van der Waals surface area contributed by atoms with Crippen molar-refractivity contribution in [3.05, 3.63) is 47.7 Å². The summed E-state index contributed by atoms with van der Waals surface area (Å²) in [7, 11) is 0. The number of nitrogens with two attached hydrogens (primary N) is 1. The standard InChI is InChI=1S/C16H21N3O/c1-11(2)20-16-13(5-4-8-18-16)10-19-14-6-7-15(17)12(3)9-14/h4-9,11,19H,10,17H2,1-3H3. The fourth-order valence-electron chi connectivity index (χ4n) is 1.87. The second-order valence-electron chi connectivity index (χ2n) is 5.06. The van der Waals surface area contributed by atoms with Gasteiger partial charge in [-0.1, -0.05) is 6.07 Å². The Morgan fingerprint density at radius 3 is 2.80 bits per heavy atom. The van der Waals surface area contributed by atoms with Crippen molar-refractivity contribution >= 4 is 11.4 Å². The molecule has 0 saturated heterocycles. The minimum Gasteiger partial charge on any atom is -0.475 e. The molecule has 0 atom stereocenters. The summed E-state index contributed by atoms with van der Waals surface area (Å²) in [4.78, 5) is 4.28. The van der Waals surface area contributed by atoms with E-state index in [0.29, 0.717) is 12.4 Å². The van der Waals surface area contributed by atoms with Gasteiger partial charge in [-0.25, -0.2) is 4.98 Å². The second-order valence-corrected chi connectivity index (χ2v) is 5.06. The Balaban J connectivity index is 2.08. The van der Waals surface area contributed by atoms with Gasteiger partial charge in [0.15, 0.2) is 0 Å². The van der Waals surface area contributed by atoms with E-state index in [9.17, 15) is 0 Å². The molecule has 2 rings (SSSR count). The number of nitrogen functional groups attached to an aromatic ring is 1. The number of hydrogen-bond donors (Lipinski definition) is 2. The number of rotatable bonds is 5. The van der Waals surface area contributed by atoms with Crippen molar-refractivity contribution in [1.29, 1.82) is 0 Å². The van der Waals surface area contributed by atoms with E-state index in [1.165, 1.54) is 0 Å². The third-order valence-electron chi connectivity index (χ3n) is 2.95. The third-order valence-corrected chi connectivity index (χ3v) is 2.95. The van der Waals surface area contributed by atoms with Crippen molar-refractivity contribution in [1.82, 2.24) is 4.98 Å². The summed E-state index contributed by atoms with van der Waals surface area (Å²) in [6, 6.07) is 9.85. The molecule has 106 valence electrons. The maximum atomic E-state index is 5.82. The van der Waals surface area contributed by atoms with E-state index in [2.05, 4.69) is 10.3 Å². The lowest BCUT2D eigenvalue weighted by molar-refractivity contribution is 0.230. The molecule has 0 bridgehead atoms. The highest BCUT2D eigenvalue weighted by molar-refractivity contribution is 5.56. The number of pyridine rings is 1. The first-order valence-electron chi connectivity index (χ1n) is 6.77. The lowest BCUT2D eigenvalue weighted by Gasteiger charge is -2.14. The molecule has 0 aliphatic rings. The SMILES string of the molecule is Cc1cc(NCc2cccnc2OC(C)C)ccc1N. The van der Waals surface area contributed by atoms with Crippen molar-refractivity contribution in [3.8, 4) is 5.88 Å². The first-order chi connectivity index (χ1) is 9.56. The molecule has 4 heteroatoms. The predicted molar refractivity (Wildman–Crippen MR) is 82.9 cm³/mol. The van der Waals surface area contributed by atoms with E-state index in [0.717, 1.165) is 22.5 Å². The molecule has 4 nitrogen and oxygen atoms in total. The first-order valence-corrected chi connectivity index (χ1v) is 6.77. The molecule has 0 amide bonds. The molecule has 0 spiro atoms. The number of aryl methyl sites for hydroxylation is 1. The van der Waals surface area contributed by atoms with Gasteiger partial charge < -0.3 is 15.8 Å². The number of anilines is 2. The highest BCUT2D eigenvalue weighted by Gasteiger charge is 2.06. The summed E-state index contributed by atoms with van der Waals surface area (Å²) < 4.78 is 5.71. The first kappa shape index (κ1) is 14.2. The second kappa shape index (κ2) is 6.28. The van der Waals surface area contributed by atoms with E-state index in [-0.39, 0.29) is 6.10 Å². The van der Waals surface area contributed by atoms with Crippen LogP contribution < -0.4 is 15.8 Å². The van der Waals surface area contributed by atoms with Crippen LogP contribution >= 0.6 is 0 Å². The summed E-state index contributed by atoms with van der Waals surface area (Å²) in [5.41, 5.74) is 9.77. The number of hydrogen-bond acceptors (Lipinski definition) is 4. The average molecular weight is 271 g/mol. The van der Waals surface area contributed by atoms with Crippen LogP contribution in [0.5, 0.6) is 5.88 Å². The van der Waals surface area contributed by atoms with Gasteiger partial charge in [0.2, 0.25) is 5.88 Å². The van der Waals surface area contributed by atoms with Gasteiger partial charge >= 0.3 is 0 Å². The number of ether oxygens (including phenoxy) is 1. The minimum atomic E-state index is 0.113. The van der Waals surface area contributed by atoms with Crippen molar-refractivity contribution in [2.45, 2.75) is 33.4 Å².